The minimum absolute atomic E-state index is 0.382. The van der Waals surface area contributed by atoms with Gasteiger partial charge in [-0.05, 0) is 52.9 Å². The molecule has 0 N–H and O–H groups in total. The van der Waals surface area contributed by atoms with Crippen molar-refractivity contribution in [3.05, 3.63) is 95.3 Å². The van der Waals surface area contributed by atoms with E-state index < -0.39 is 0 Å². The molecule has 1 fully saturated rings. The number of hydrogen-bond acceptors (Lipinski definition) is 6. The Labute approximate surface area is 223 Å². The molecule has 0 unspecified atom stereocenters. The Kier molecular flexibility index (Phi) is 7.69. The van der Waals surface area contributed by atoms with Gasteiger partial charge >= 0.3 is 5.97 Å². The van der Waals surface area contributed by atoms with E-state index in [4.69, 9.17) is 9.47 Å². The van der Waals surface area contributed by atoms with Crippen molar-refractivity contribution in [2.75, 3.05) is 52.4 Å². The Hall–Kier alpha value is -4.18. The predicted molar refractivity (Wildman–Crippen MR) is 151 cm³/mol. The largest absolute Gasteiger partial charge is 0.465 e. The molecule has 0 bridgehead atoms. The summed E-state index contributed by atoms with van der Waals surface area (Å²) in [4.78, 5) is 21.4. The van der Waals surface area contributed by atoms with Crippen molar-refractivity contribution in [1.82, 2.24) is 9.88 Å². The maximum Gasteiger partial charge on any atom is 0.340 e. The highest BCUT2D eigenvalue weighted by Gasteiger charge is 2.22. The van der Waals surface area contributed by atoms with E-state index in [1.54, 1.807) is 12.4 Å². The highest BCUT2D eigenvalue weighted by atomic mass is 16.5. The van der Waals surface area contributed by atoms with Crippen LogP contribution in [0.5, 0.6) is 0 Å². The molecule has 192 valence electrons. The third-order valence-corrected chi connectivity index (χ3v) is 6.76. The normalized spacial score (nSPS) is 13.6. The molecule has 5 rings (SSSR count). The van der Waals surface area contributed by atoms with Crippen LogP contribution in [0.1, 0.15) is 27.0 Å². The summed E-state index contributed by atoms with van der Waals surface area (Å²) in [6.45, 7) is 4.52. The fourth-order valence-corrected chi connectivity index (χ4v) is 4.81. The third-order valence-electron chi connectivity index (χ3n) is 6.76. The Morgan fingerprint density at radius 3 is 2.29 bits per heavy atom. The summed E-state index contributed by atoms with van der Waals surface area (Å²) in [6.07, 6.45) is 3.45. The number of rotatable bonds is 5. The van der Waals surface area contributed by atoms with Crippen molar-refractivity contribution in [3.63, 3.8) is 0 Å². The zero-order chi connectivity index (χ0) is 26.5. The van der Waals surface area contributed by atoms with E-state index in [0.717, 1.165) is 71.6 Å². The maximum absolute atomic E-state index is 12.8. The van der Waals surface area contributed by atoms with Crippen molar-refractivity contribution in [3.8, 4) is 23.0 Å². The molecule has 1 aliphatic heterocycles. The van der Waals surface area contributed by atoms with Crippen LogP contribution in [0.3, 0.4) is 0 Å². The molecule has 0 spiro atoms. The van der Waals surface area contributed by atoms with Gasteiger partial charge in [-0.3, -0.25) is 9.88 Å². The van der Waals surface area contributed by atoms with Crippen molar-refractivity contribution < 1.29 is 14.3 Å². The summed E-state index contributed by atoms with van der Waals surface area (Å²) in [7, 11) is 5.26. The van der Waals surface area contributed by atoms with E-state index in [1.165, 1.54) is 12.7 Å². The van der Waals surface area contributed by atoms with E-state index in [0.29, 0.717) is 5.56 Å². The first-order valence-electron chi connectivity index (χ1n) is 12.7. The van der Waals surface area contributed by atoms with Crippen LogP contribution in [-0.4, -0.2) is 63.4 Å². The molecule has 0 aliphatic carbocycles. The van der Waals surface area contributed by atoms with E-state index in [9.17, 15) is 4.79 Å². The van der Waals surface area contributed by atoms with Gasteiger partial charge in [0.1, 0.15) is 0 Å². The Morgan fingerprint density at radius 2 is 1.66 bits per heavy atom. The van der Waals surface area contributed by atoms with Crippen molar-refractivity contribution in [2.24, 2.45) is 0 Å². The van der Waals surface area contributed by atoms with Crippen LogP contribution < -0.4 is 4.90 Å². The molecular formula is C32H31N3O3. The van der Waals surface area contributed by atoms with Gasteiger partial charge in [0.15, 0.2) is 0 Å². The second-order valence-corrected chi connectivity index (χ2v) is 9.54. The van der Waals surface area contributed by atoms with Crippen molar-refractivity contribution in [1.29, 1.82) is 0 Å². The van der Waals surface area contributed by atoms with E-state index in [-0.39, 0.29) is 5.97 Å². The first-order valence-corrected chi connectivity index (χ1v) is 12.7. The topological polar surface area (TPSA) is 54.9 Å². The van der Waals surface area contributed by atoms with E-state index >= 15 is 0 Å². The zero-order valence-electron chi connectivity index (χ0n) is 22.0. The number of fused-ring (bicyclic) bond motifs is 1. The Morgan fingerprint density at radius 1 is 1.00 bits per heavy atom. The van der Waals surface area contributed by atoms with Gasteiger partial charge in [-0.15, -0.1) is 0 Å². The smallest absolute Gasteiger partial charge is 0.340 e. The van der Waals surface area contributed by atoms with Gasteiger partial charge in [-0.1, -0.05) is 36.1 Å². The summed E-state index contributed by atoms with van der Waals surface area (Å²) in [5, 5.41) is 1.70. The molecule has 1 aliphatic rings. The Bertz CT molecular complexity index is 1490. The maximum atomic E-state index is 12.8. The molecule has 0 saturated carbocycles. The molecule has 0 amide bonds. The van der Waals surface area contributed by atoms with Crippen LogP contribution in [0, 0.1) is 11.8 Å². The van der Waals surface area contributed by atoms with Gasteiger partial charge in [0.05, 0.1) is 31.6 Å². The SMILES string of the molecule is COC(=O)c1c(N(C)C)c(-c2ccc(C#Cc3ccc(CN4CCOCC4)cc3)cc2)cc2ccncc12. The average Bonchev–Trinajstić information content (AvgIpc) is 2.96. The molecular weight excluding hydrogens is 474 g/mol. The van der Waals surface area contributed by atoms with Crippen molar-refractivity contribution in [2.45, 2.75) is 6.54 Å². The van der Waals surface area contributed by atoms with Gasteiger partial charge in [0.25, 0.3) is 0 Å². The quantitative estimate of drug-likeness (QED) is 0.282. The highest BCUT2D eigenvalue weighted by molar-refractivity contribution is 6.13. The van der Waals surface area contributed by atoms with Crippen LogP contribution in [0.4, 0.5) is 5.69 Å². The highest BCUT2D eigenvalue weighted by Crippen LogP contribution is 2.38. The van der Waals surface area contributed by atoms with Crippen LogP contribution in [0.2, 0.25) is 0 Å². The number of anilines is 1. The van der Waals surface area contributed by atoms with Crippen LogP contribution in [0.25, 0.3) is 21.9 Å². The van der Waals surface area contributed by atoms with Gasteiger partial charge < -0.3 is 14.4 Å². The molecule has 6 nitrogen and oxygen atoms in total. The lowest BCUT2D eigenvalue weighted by molar-refractivity contribution is 0.0342. The van der Waals surface area contributed by atoms with Gasteiger partial charge in [0, 0.05) is 68.2 Å². The average molecular weight is 506 g/mol. The molecule has 1 saturated heterocycles. The number of methoxy groups -OCH3 is 1. The lowest BCUT2D eigenvalue weighted by atomic mass is 9.94. The summed E-state index contributed by atoms with van der Waals surface area (Å²) in [5.74, 6) is 6.17. The predicted octanol–water partition coefficient (Wildman–Crippen LogP) is 4.99. The molecule has 38 heavy (non-hydrogen) atoms. The summed E-state index contributed by atoms with van der Waals surface area (Å²) in [5.41, 5.74) is 6.46. The van der Waals surface area contributed by atoms with E-state index in [2.05, 4.69) is 52.1 Å². The third kappa shape index (κ3) is 5.55. The number of aromatic nitrogens is 1. The number of nitrogens with zero attached hydrogens (tertiary/aromatic N) is 3. The van der Waals surface area contributed by atoms with E-state index in [1.807, 2.05) is 49.3 Å². The number of carbonyl (C=O) groups excluding carboxylic acids is 1. The van der Waals surface area contributed by atoms with Crippen molar-refractivity contribution >= 4 is 22.4 Å². The first-order chi connectivity index (χ1) is 18.5. The van der Waals surface area contributed by atoms with Crippen LogP contribution in [-0.2, 0) is 16.0 Å². The van der Waals surface area contributed by atoms with Gasteiger partial charge in [-0.25, -0.2) is 4.79 Å². The summed E-state index contributed by atoms with van der Waals surface area (Å²) >= 11 is 0. The van der Waals surface area contributed by atoms with Crippen LogP contribution >= 0.6 is 0 Å². The van der Waals surface area contributed by atoms with Gasteiger partial charge in [-0.2, -0.15) is 0 Å². The molecule has 2 heterocycles. The zero-order valence-corrected chi connectivity index (χ0v) is 22.0. The summed E-state index contributed by atoms with van der Waals surface area (Å²) < 4.78 is 10.6. The lowest BCUT2D eigenvalue weighted by Gasteiger charge is -2.26. The number of pyridine rings is 1. The fraction of sp³-hybridized carbons (Fsp3) is 0.250. The second-order valence-electron chi connectivity index (χ2n) is 9.54. The molecule has 0 radical (unpaired) electrons. The summed E-state index contributed by atoms with van der Waals surface area (Å²) in [6, 6.07) is 20.6. The molecule has 6 heteroatoms. The Balaban J connectivity index is 1.40. The number of esters is 1. The number of hydrogen-bond donors (Lipinski definition) is 0. The number of benzene rings is 3. The monoisotopic (exact) mass is 505 g/mol. The minimum Gasteiger partial charge on any atom is -0.465 e. The number of morpholine rings is 1. The lowest BCUT2D eigenvalue weighted by Crippen LogP contribution is -2.35. The van der Waals surface area contributed by atoms with Gasteiger partial charge in [0.2, 0.25) is 0 Å². The molecule has 3 aromatic carbocycles. The minimum atomic E-state index is -0.382. The number of ether oxygens (including phenoxy) is 2. The fourth-order valence-electron chi connectivity index (χ4n) is 4.81. The molecule has 1 aromatic heterocycles. The molecule has 4 aromatic rings. The number of carbonyl (C=O) groups is 1. The second kappa shape index (κ2) is 11.5. The molecule has 0 atom stereocenters. The first kappa shape index (κ1) is 25.5. The standard InChI is InChI=1S/C32H31N3O3/c1-34(2)31-28(20-27-14-15-33-21-29(27)30(31)32(36)37-3)26-12-10-24(11-13-26)5-4-23-6-8-25(9-7-23)22-35-16-18-38-19-17-35/h6-15,20-21H,16-19,22H2,1-3H3. The van der Waals surface area contributed by atoms with Crippen LogP contribution in [0.15, 0.2) is 73.1 Å².